The molecule has 40 heavy (non-hydrogen) atoms. The summed E-state index contributed by atoms with van der Waals surface area (Å²) in [5.41, 5.74) is 0.764. The normalized spacial score (nSPS) is 11.0. The smallest absolute Gasteiger partial charge is 0.421 e. The standard InChI is InChI=1S/C27H29F3N8O2/c1-6-24(39)34-20-13-21(23(40-5)14-22(20)38(4)11-10-37(2)3)35-26-32-16-19(27(28,29)30)25(36-26)33-18-9-7-8-17(12-18)15-31/h6-9,12-14,16H,1,10-11H2,2-5H3,(H,34,39)(H2,32,33,35,36). The van der Waals surface area contributed by atoms with Gasteiger partial charge in [-0.1, -0.05) is 12.6 Å². The number of aromatic nitrogens is 2. The summed E-state index contributed by atoms with van der Waals surface area (Å²) in [6, 6.07) is 11.2. The molecule has 0 saturated heterocycles. The number of carbonyl (C=O) groups is 1. The molecule has 1 amide bonds. The summed E-state index contributed by atoms with van der Waals surface area (Å²) < 4.78 is 46.8. The lowest BCUT2D eigenvalue weighted by atomic mass is 10.2. The second-order valence-electron chi connectivity index (χ2n) is 8.88. The number of nitriles is 1. The van der Waals surface area contributed by atoms with Crippen LogP contribution in [0.3, 0.4) is 0 Å². The third-order valence-electron chi connectivity index (χ3n) is 5.65. The van der Waals surface area contributed by atoms with E-state index in [1.165, 1.54) is 31.4 Å². The molecule has 3 rings (SSSR count). The Bertz CT molecular complexity index is 1420. The van der Waals surface area contributed by atoms with Crippen molar-refractivity contribution < 1.29 is 22.7 Å². The largest absolute Gasteiger partial charge is 0.494 e. The van der Waals surface area contributed by atoms with E-state index >= 15 is 0 Å². The number of alkyl halides is 3. The number of benzene rings is 2. The van der Waals surface area contributed by atoms with Crippen molar-refractivity contribution in [1.82, 2.24) is 14.9 Å². The first kappa shape index (κ1) is 29.7. The van der Waals surface area contributed by atoms with Gasteiger partial charge in [0.25, 0.3) is 0 Å². The maximum absolute atomic E-state index is 13.7. The van der Waals surface area contributed by atoms with Gasteiger partial charge in [-0.15, -0.1) is 0 Å². The molecule has 1 aromatic heterocycles. The van der Waals surface area contributed by atoms with E-state index in [0.717, 1.165) is 12.6 Å². The van der Waals surface area contributed by atoms with Crippen molar-refractivity contribution in [3.05, 3.63) is 66.4 Å². The highest BCUT2D eigenvalue weighted by Gasteiger charge is 2.35. The molecule has 0 radical (unpaired) electrons. The highest BCUT2D eigenvalue weighted by atomic mass is 19.4. The van der Waals surface area contributed by atoms with Crippen LogP contribution in [0.2, 0.25) is 0 Å². The Morgan fingerprint density at radius 1 is 1.15 bits per heavy atom. The summed E-state index contributed by atoms with van der Waals surface area (Å²) in [6.07, 6.45) is -2.96. The van der Waals surface area contributed by atoms with E-state index in [1.807, 2.05) is 37.0 Å². The second-order valence-corrected chi connectivity index (χ2v) is 8.88. The van der Waals surface area contributed by atoms with E-state index in [4.69, 9.17) is 10.00 Å². The molecular formula is C27H29F3N8O2. The summed E-state index contributed by atoms with van der Waals surface area (Å²) in [5.74, 6) is -0.794. The van der Waals surface area contributed by atoms with E-state index in [-0.39, 0.29) is 17.2 Å². The molecule has 1 heterocycles. The van der Waals surface area contributed by atoms with Gasteiger partial charge in [-0.3, -0.25) is 4.79 Å². The number of rotatable bonds is 11. The SMILES string of the molecule is C=CC(=O)Nc1cc(Nc2ncc(C(F)(F)F)c(Nc3cccc(C#N)c3)n2)c(OC)cc1N(C)CCN(C)C. The van der Waals surface area contributed by atoms with Crippen LogP contribution in [-0.4, -0.2) is 62.1 Å². The summed E-state index contributed by atoms with van der Waals surface area (Å²) in [6.45, 7) is 4.85. The number of methoxy groups -OCH3 is 1. The Morgan fingerprint density at radius 2 is 1.90 bits per heavy atom. The van der Waals surface area contributed by atoms with Gasteiger partial charge in [0.2, 0.25) is 11.9 Å². The fraction of sp³-hybridized carbons (Fsp3) is 0.259. The quantitative estimate of drug-likeness (QED) is 0.282. The van der Waals surface area contributed by atoms with Crippen molar-refractivity contribution in [3.8, 4) is 11.8 Å². The number of halogens is 3. The van der Waals surface area contributed by atoms with Crippen LogP contribution < -0.4 is 25.6 Å². The highest BCUT2D eigenvalue weighted by Crippen LogP contribution is 2.39. The van der Waals surface area contributed by atoms with Crippen LogP contribution in [0.15, 0.2) is 55.3 Å². The van der Waals surface area contributed by atoms with Gasteiger partial charge in [0.1, 0.15) is 17.1 Å². The summed E-state index contributed by atoms with van der Waals surface area (Å²) in [4.78, 5) is 24.0. The van der Waals surface area contributed by atoms with Crippen LogP contribution in [0.25, 0.3) is 0 Å². The fourth-order valence-corrected chi connectivity index (χ4v) is 3.57. The molecule has 10 nitrogen and oxygen atoms in total. The van der Waals surface area contributed by atoms with Gasteiger partial charge in [-0.25, -0.2) is 4.98 Å². The van der Waals surface area contributed by atoms with E-state index in [1.54, 1.807) is 12.1 Å². The third kappa shape index (κ3) is 7.61. The predicted octanol–water partition coefficient (Wildman–Crippen LogP) is 4.99. The summed E-state index contributed by atoms with van der Waals surface area (Å²) >= 11 is 0. The first-order valence-corrected chi connectivity index (χ1v) is 11.9. The minimum Gasteiger partial charge on any atom is -0.494 e. The molecule has 0 aliphatic heterocycles. The minimum atomic E-state index is -4.74. The van der Waals surface area contributed by atoms with Crippen LogP contribution in [0.5, 0.6) is 5.75 Å². The van der Waals surface area contributed by atoms with Gasteiger partial charge in [-0.2, -0.15) is 23.4 Å². The van der Waals surface area contributed by atoms with Crippen molar-refractivity contribution in [2.45, 2.75) is 6.18 Å². The number of nitrogens with one attached hydrogen (secondary N) is 3. The zero-order chi connectivity index (χ0) is 29.4. The molecule has 0 aliphatic rings. The number of carbonyl (C=O) groups excluding carboxylic acids is 1. The third-order valence-corrected chi connectivity index (χ3v) is 5.65. The Balaban J connectivity index is 2.04. The van der Waals surface area contributed by atoms with Crippen molar-refractivity contribution in [3.63, 3.8) is 0 Å². The first-order valence-electron chi connectivity index (χ1n) is 11.9. The molecule has 0 saturated carbocycles. The molecule has 3 aromatic rings. The molecule has 2 aromatic carbocycles. The van der Waals surface area contributed by atoms with Crippen LogP contribution in [-0.2, 0) is 11.0 Å². The topological polar surface area (TPSA) is 118 Å². The summed E-state index contributed by atoms with van der Waals surface area (Å²) in [5, 5.41) is 17.4. The number of anilines is 6. The predicted molar refractivity (Wildman–Crippen MR) is 148 cm³/mol. The van der Waals surface area contributed by atoms with Gasteiger partial charge in [0.05, 0.1) is 35.8 Å². The molecule has 0 aliphatic carbocycles. The second kappa shape index (κ2) is 12.8. The van der Waals surface area contributed by atoms with E-state index in [0.29, 0.717) is 35.6 Å². The van der Waals surface area contributed by atoms with Gasteiger partial charge in [0.15, 0.2) is 0 Å². The number of ether oxygens (including phenoxy) is 1. The molecule has 210 valence electrons. The molecular weight excluding hydrogens is 525 g/mol. The maximum atomic E-state index is 13.7. The number of nitrogens with zero attached hydrogens (tertiary/aromatic N) is 5. The molecule has 0 bridgehead atoms. The molecule has 13 heteroatoms. The van der Waals surface area contributed by atoms with Gasteiger partial charge >= 0.3 is 6.18 Å². The van der Waals surface area contributed by atoms with Crippen molar-refractivity contribution >= 4 is 40.4 Å². The number of hydrogen-bond donors (Lipinski definition) is 3. The van der Waals surface area contributed by atoms with E-state index in [2.05, 4.69) is 32.5 Å². The number of hydrogen-bond acceptors (Lipinski definition) is 9. The van der Waals surface area contributed by atoms with Crippen LogP contribution in [0.4, 0.5) is 47.7 Å². The Morgan fingerprint density at radius 3 is 2.52 bits per heavy atom. The lowest BCUT2D eigenvalue weighted by Gasteiger charge is -2.26. The molecule has 0 fully saturated rings. The summed E-state index contributed by atoms with van der Waals surface area (Å²) in [7, 11) is 7.17. The molecule has 0 atom stereocenters. The van der Waals surface area contributed by atoms with Crippen LogP contribution >= 0.6 is 0 Å². The van der Waals surface area contributed by atoms with Gasteiger partial charge in [-0.05, 0) is 44.4 Å². The fourth-order valence-electron chi connectivity index (χ4n) is 3.57. The number of likely N-dealkylation sites (N-methyl/N-ethyl adjacent to an activating group) is 2. The van der Waals surface area contributed by atoms with Crippen molar-refractivity contribution in [2.75, 3.05) is 62.2 Å². The van der Waals surface area contributed by atoms with E-state index in [9.17, 15) is 18.0 Å². The maximum Gasteiger partial charge on any atom is 0.421 e. The number of amides is 1. The van der Waals surface area contributed by atoms with Crippen molar-refractivity contribution in [1.29, 1.82) is 5.26 Å². The van der Waals surface area contributed by atoms with Crippen LogP contribution in [0, 0.1) is 11.3 Å². The average molecular weight is 555 g/mol. The van der Waals surface area contributed by atoms with Crippen molar-refractivity contribution in [2.24, 2.45) is 0 Å². The molecule has 3 N–H and O–H groups in total. The van der Waals surface area contributed by atoms with Gasteiger partial charge < -0.3 is 30.5 Å². The average Bonchev–Trinajstić information content (AvgIpc) is 2.91. The molecule has 0 spiro atoms. The zero-order valence-electron chi connectivity index (χ0n) is 22.4. The highest BCUT2D eigenvalue weighted by molar-refractivity contribution is 6.02. The van der Waals surface area contributed by atoms with E-state index < -0.39 is 23.5 Å². The Hall–Kier alpha value is -4.83. The first-order chi connectivity index (χ1) is 18.9. The Kier molecular flexibility index (Phi) is 9.52. The Labute approximate surface area is 230 Å². The monoisotopic (exact) mass is 554 g/mol. The van der Waals surface area contributed by atoms with Gasteiger partial charge in [0, 0.05) is 38.1 Å². The lowest BCUT2D eigenvalue weighted by molar-refractivity contribution is -0.137. The molecule has 0 unspecified atom stereocenters. The van der Waals surface area contributed by atoms with Crippen LogP contribution in [0.1, 0.15) is 11.1 Å². The zero-order valence-corrected chi connectivity index (χ0v) is 22.4. The minimum absolute atomic E-state index is 0.167. The lowest BCUT2D eigenvalue weighted by Crippen LogP contribution is -2.29.